The van der Waals surface area contributed by atoms with Crippen molar-refractivity contribution in [3.05, 3.63) is 35.4 Å². The van der Waals surface area contributed by atoms with Crippen LogP contribution in [0, 0.1) is 0 Å². The lowest BCUT2D eigenvalue weighted by Crippen LogP contribution is -2.35. The summed E-state index contributed by atoms with van der Waals surface area (Å²) in [5.74, 6) is 0. The maximum Gasteiger partial charge on any atom is 0.0775 e. The smallest absolute Gasteiger partial charge is 0.0775 e. The molecule has 0 bridgehead atoms. The molecule has 1 aliphatic rings. The number of hydrogen-bond donors (Lipinski definition) is 2. The average Bonchev–Trinajstić information content (AvgIpc) is 2.56. The van der Waals surface area contributed by atoms with Gasteiger partial charge in [-0.15, -0.1) is 0 Å². The van der Waals surface area contributed by atoms with Crippen molar-refractivity contribution < 1.29 is 5.11 Å². The zero-order valence-corrected chi connectivity index (χ0v) is 10.1. The minimum Gasteiger partial charge on any atom is -0.391 e. The van der Waals surface area contributed by atoms with Crippen molar-refractivity contribution in [3.8, 4) is 0 Å². The van der Waals surface area contributed by atoms with Gasteiger partial charge in [0.25, 0.3) is 0 Å². The SMILES string of the molecule is CCCC(C)N[C@H]1c2ccccc2C[C@H]1O. The third kappa shape index (κ3) is 2.28. The number of fused-ring (bicyclic) bond motifs is 1. The van der Waals surface area contributed by atoms with Gasteiger partial charge >= 0.3 is 0 Å². The van der Waals surface area contributed by atoms with Crippen LogP contribution in [-0.2, 0) is 6.42 Å². The number of nitrogens with one attached hydrogen (secondary N) is 1. The van der Waals surface area contributed by atoms with E-state index in [-0.39, 0.29) is 12.1 Å². The van der Waals surface area contributed by atoms with Crippen LogP contribution in [-0.4, -0.2) is 17.3 Å². The van der Waals surface area contributed by atoms with Crippen LogP contribution in [0.4, 0.5) is 0 Å². The van der Waals surface area contributed by atoms with Gasteiger partial charge in [-0.25, -0.2) is 0 Å². The Labute approximate surface area is 97.7 Å². The van der Waals surface area contributed by atoms with E-state index in [1.54, 1.807) is 0 Å². The van der Waals surface area contributed by atoms with E-state index in [0.717, 1.165) is 12.8 Å². The van der Waals surface area contributed by atoms with Crippen LogP contribution in [0.3, 0.4) is 0 Å². The standard InChI is InChI=1S/C14H21NO/c1-3-6-10(2)15-14-12-8-5-4-7-11(12)9-13(14)16/h4-5,7-8,10,13-16H,3,6,9H2,1-2H3/t10?,13-,14+/m1/s1. The van der Waals surface area contributed by atoms with Gasteiger partial charge in [0, 0.05) is 12.5 Å². The molecule has 1 unspecified atom stereocenters. The summed E-state index contributed by atoms with van der Waals surface area (Å²) in [6.07, 6.45) is 2.85. The summed E-state index contributed by atoms with van der Waals surface area (Å²) in [6, 6.07) is 8.93. The molecule has 0 radical (unpaired) electrons. The van der Waals surface area contributed by atoms with E-state index in [0.29, 0.717) is 6.04 Å². The molecule has 0 aliphatic heterocycles. The predicted octanol–water partition coefficient (Wildman–Crippen LogP) is 2.42. The number of rotatable bonds is 4. The van der Waals surface area contributed by atoms with Crippen molar-refractivity contribution in [2.45, 2.75) is 51.3 Å². The number of hydrogen-bond acceptors (Lipinski definition) is 2. The largest absolute Gasteiger partial charge is 0.391 e. The van der Waals surface area contributed by atoms with Gasteiger partial charge in [0.15, 0.2) is 0 Å². The summed E-state index contributed by atoms with van der Waals surface area (Å²) >= 11 is 0. The number of benzene rings is 1. The van der Waals surface area contributed by atoms with Crippen molar-refractivity contribution in [3.63, 3.8) is 0 Å². The van der Waals surface area contributed by atoms with E-state index >= 15 is 0 Å². The van der Waals surface area contributed by atoms with E-state index in [1.807, 2.05) is 6.07 Å². The summed E-state index contributed by atoms with van der Waals surface area (Å²) < 4.78 is 0. The third-order valence-corrected chi connectivity index (χ3v) is 3.39. The summed E-state index contributed by atoms with van der Waals surface area (Å²) in [5.41, 5.74) is 2.56. The first-order valence-corrected chi connectivity index (χ1v) is 6.24. The van der Waals surface area contributed by atoms with E-state index < -0.39 is 0 Å². The lowest BCUT2D eigenvalue weighted by atomic mass is 10.1. The molecule has 0 spiro atoms. The topological polar surface area (TPSA) is 32.3 Å². The fourth-order valence-corrected chi connectivity index (χ4v) is 2.60. The van der Waals surface area contributed by atoms with Gasteiger partial charge in [0.2, 0.25) is 0 Å². The lowest BCUT2D eigenvalue weighted by Gasteiger charge is -2.22. The maximum absolute atomic E-state index is 10.1. The molecule has 2 N–H and O–H groups in total. The van der Waals surface area contributed by atoms with Crippen LogP contribution < -0.4 is 5.32 Å². The van der Waals surface area contributed by atoms with Gasteiger partial charge < -0.3 is 10.4 Å². The fraction of sp³-hybridized carbons (Fsp3) is 0.571. The predicted molar refractivity (Wildman–Crippen MR) is 66.4 cm³/mol. The molecule has 0 saturated heterocycles. The van der Waals surface area contributed by atoms with E-state index in [1.165, 1.54) is 17.5 Å². The highest BCUT2D eigenvalue weighted by Gasteiger charge is 2.30. The van der Waals surface area contributed by atoms with E-state index in [9.17, 15) is 5.11 Å². The number of aliphatic hydroxyl groups is 1. The quantitative estimate of drug-likeness (QED) is 0.815. The molecule has 0 saturated carbocycles. The van der Waals surface area contributed by atoms with Crippen molar-refractivity contribution in [2.75, 3.05) is 0 Å². The normalized spacial score (nSPS) is 25.4. The van der Waals surface area contributed by atoms with Crippen molar-refractivity contribution >= 4 is 0 Å². The highest BCUT2D eigenvalue weighted by atomic mass is 16.3. The van der Waals surface area contributed by atoms with Gasteiger partial charge in [-0.2, -0.15) is 0 Å². The molecular formula is C14H21NO. The Morgan fingerprint density at radius 3 is 2.94 bits per heavy atom. The van der Waals surface area contributed by atoms with E-state index in [4.69, 9.17) is 0 Å². The molecule has 0 fully saturated rings. The minimum atomic E-state index is -0.267. The van der Waals surface area contributed by atoms with Gasteiger partial charge in [-0.1, -0.05) is 37.6 Å². The van der Waals surface area contributed by atoms with Crippen molar-refractivity contribution in [1.82, 2.24) is 5.32 Å². The molecule has 1 aliphatic carbocycles. The molecule has 0 heterocycles. The Balaban J connectivity index is 2.10. The molecule has 16 heavy (non-hydrogen) atoms. The molecule has 0 aromatic heterocycles. The monoisotopic (exact) mass is 219 g/mol. The average molecular weight is 219 g/mol. The fourth-order valence-electron chi connectivity index (χ4n) is 2.60. The first-order chi connectivity index (χ1) is 7.72. The van der Waals surface area contributed by atoms with Crippen molar-refractivity contribution in [2.24, 2.45) is 0 Å². The Hall–Kier alpha value is -0.860. The Morgan fingerprint density at radius 2 is 2.19 bits per heavy atom. The summed E-state index contributed by atoms with van der Waals surface area (Å²) in [5, 5.41) is 13.6. The maximum atomic E-state index is 10.1. The van der Waals surface area contributed by atoms with Crippen LogP contribution in [0.15, 0.2) is 24.3 Å². The Bertz CT molecular complexity index is 350. The van der Waals surface area contributed by atoms with Crippen LogP contribution in [0.2, 0.25) is 0 Å². The van der Waals surface area contributed by atoms with Gasteiger partial charge in [-0.05, 0) is 24.5 Å². The minimum absolute atomic E-state index is 0.123. The highest BCUT2D eigenvalue weighted by Crippen LogP contribution is 2.31. The van der Waals surface area contributed by atoms with Gasteiger partial charge in [0.05, 0.1) is 12.1 Å². The van der Waals surface area contributed by atoms with Crippen LogP contribution >= 0.6 is 0 Å². The zero-order valence-electron chi connectivity index (χ0n) is 10.1. The zero-order chi connectivity index (χ0) is 11.5. The first-order valence-electron chi connectivity index (χ1n) is 6.24. The van der Waals surface area contributed by atoms with Crippen LogP contribution in [0.1, 0.15) is 43.9 Å². The van der Waals surface area contributed by atoms with Crippen molar-refractivity contribution in [1.29, 1.82) is 0 Å². The Morgan fingerprint density at radius 1 is 1.44 bits per heavy atom. The number of aliphatic hydroxyl groups excluding tert-OH is 1. The second-order valence-electron chi connectivity index (χ2n) is 4.80. The molecule has 2 heteroatoms. The molecule has 88 valence electrons. The summed E-state index contributed by atoms with van der Waals surface area (Å²) in [4.78, 5) is 0. The summed E-state index contributed by atoms with van der Waals surface area (Å²) in [7, 11) is 0. The molecule has 3 atom stereocenters. The Kier molecular flexibility index (Phi) is 3.62. The van der Waals surface area contributed by atoms with E-state index in [2.05, 4.69) is 37.4 Å². The molecule has 1 aromatic rings. The highest BCUT2D eigenvalue weighted by molar-refractivity contribution is 5.36. The van der Waals surface area contributed by atoms with Gasteiger partial charge in [-0.3, -0.25) is 0 Å². The van der Waals surface area contributed by atoms with Crippen LogP contribution in [0.25, 0.3) is 0 Å². The second-order valence-corrected chi connectivity index (χ2v) is 4.80. The third-order valence-electron chi connectivity index (χ3n) is 3.39. The van der Waals surface area contributed by atoms with Gasteiger partial charge in [0.1, 0.15) is 0 Å². The first kappa shape index (κ1) is 11.6. The van der Waals surface area contributed by atoms with Crippen LogP contribution in [0.5, 0.6) is 0 Å². The lowest BCUT2D eigenvalue weighted by molar-refractivity contribution is 0.135. The molecule has 2 rings (SSSR count). The molecule has 2 nitrogen and oxygen atoms in total. The second kappa shape index (κ2) is 4.98. The summed E-state index contributed by atoms with van der Waals surface area (Å²) in [6.45, 7) is 4.38. The molecule has 0 amide bonds. The molecule has 1 aromatic carbocycles. The molecular weight excluding hydrogens is 198 g/mol.